The molecule has 1 N–H and O–H groups in total. The highest BCUT2D eigenvalue weighted by Gasteiger charge is 2.12. The molecule has 0 amide bonds. The average molecular weight is 295 g/mol. The van der Waals surface area contributed by atoms with Crippen molar-refractivity contribution in [3.05, 3.63) is 77.9 Å². The van der Waals surface area contributed by atoms with Crippen LogP contribution in [-0.4, -0.2) is 10.8 Å². The zero-order chi connectivity index (χ0) is 15.8. The van der Waals surface area contributed by atoms with Gasteiger partial charge in [-0.05, 0) is 24.3 Å². The van der Waals surface area contributed by atoms with Gasteiger partial charge in [-0.3, -0.25) is 0 Å². The predicted octanol–water partition coefficient (Wildman–Crippen LogP) is 4.65. The third-order valence-corrected chi connectivity index (χ3v) is 4.15. The first-order valence-corrected chi connectivity index (χ1v) is 7.36. The lowest BCUT2D eigenvalue weighted by Gasteiger charge is -2.09. The van der Waals surface area contributed by atoms with E-state index in [1.54, 1.807) is 0 Å². The fraction of sp³-hybridized carbons (Fsp3) is 0. The summed E-state index contributed by atoms with van der Waals surface area (Å²) >= 11 is 0. The van der Waals surface area contributed by atoms with Crippen molar-refractivity contribution in [1.82, 2.24) is 4.57 Å². The molecule has 1 aromatic heterocycles. The van der Waals surface area contributed by atoms with Gasteiger partial charge in [0.05, 0.1) is 22.7 Å². The predicted molar refractivity (Wildman–Crippen MR) is 93.4 cm³/mol. The average Bonchev–Trinajstić information content (AvgIpc) is 2.95. The van der Waals surface area contributed by atoms with Crippen LogP contribution < -0.4 is 0 Å². The van der Waals surface area contributed by atoms with E-state index in [-0.39, 0.29) is 0 Å². The molecule has 0 saturated heterocycles. The Labute approximate surface area is 133 Å². The molecular weight excluding hydrogens is 282 g/mol. The Morgan fingerprint density at radius 2 is 1.48 bits per heavy atom. The van der Waals surface area contributed by atoms with Crippen LogP contribution in [-0.2, 0) is 0 Å². The van der Waals surface area contributed by atoms with Crippen LogP contribution in [0.1, 0.15) is 11.1 Å². The van der Waals surface area contributed by atoms with Crippen LogP contribution in [0.2, 0.25) is 0 Å². The maximum absolute atomic E-state index is 9.34. The van der Waals surface area contributed by atoms with Gasteiger partial charge in [0, 0.05) is 28.2 Å². The number of nitrogens with zero attached hydrogens (tertiary/aromatic N) is 2. The molecule has 0 bridgehead atoms. The molecule has 23 heavy (non-hydrogen) atoms. The van der Waals surface area contributed by atoms with E-state index in [2.05, 4.69) is 34.9 Å². The highest BCUT2D eigenvalue weighted by molar-refractivity contribution is 6.09. The lowest BCUT2D eigenvalue weighted by molar-refractivity contribution is 1.17. The third kappa shape index (κ3) is 1.93. The second-order valence-corrected chi connectivity index (χ2v) is 5.40. The van der Waals surface area contributed by atoms with Gasteiger partial charge in [-0.1, -0.05) is 42.5 Å². The van der Waals surface area contributed by atoms with E-state index in [0.29, 0.717) is 11.1 Å². The zero-order valence-corrected chi connectivity index (χ0v) is 12.3. The van der Waals surface area contributed by atoms with Crippen molar-refractivity contribution >= 4 is 28.0 Å². The maximum Gasteiger partial charge on any atom is 0.0999 e. The first kappa shape index (κ1) is 13.3. The molecule has 3 nitrogen and oxygen atoms in total. The fourth-order valence-corrected chi connectivity index (χ4v) is 3.11. The minimum atomic E-state index is 0.513. The lowest BCUT2D eigenvalue weighted by Crippen LogP contribution is -1.96. The van der Waals surface area contributed by atoms with Crippen molar-refractivity contribution < 1.29 is 0 Å². The van der Waals surface area contributed by atoms with Crippen LogP contribution >= 0.6 is 0 Å². The van der Waals surface area contributed by atoms with E-state index in [1.165, 1.54) is 17.0 Å². The van der Waals surface area contributed by atoms with Crippen molar-refractivity contribution in [3.8, 4) is 11.8 Å². The van der Waals surface area contributed by atoms with Crippen LogP contribution in [0, 0.1) is 16.7 Å². The molecule has 0 aliphatic rings. The van der Waals surface area contributed by atoms with E-state index >= 15 is 0 Å². The first-order chi connectivity index (χ1) is 11.3. The molecule has 0 aliphatic heterocycles. The summed E-state index contributed by atoms with van der Waals surface area (Å²) in [6, 6.07) is 24.3. The molecule has 3 aromatic carbocycles. The van der Waals surface area contributed by atoms with Gasteiger partial charge < -0.3 is 9.98 Å². The molecule has 1 heterocycles. The summed E-state index contributed by atoms with van der Waals surface area (Å²) in [5.41, 5.74) is 4.31. The summed E-state index contributed by atoms with van der Waals surface area (Å²) in [5.74, 6) is 0. The summed E-state index contributed by atoms with van der Waals surface area (Å²) in [4.78, 5) is 0. The molecule has 0 aliphatic carbocycles. The van der Waals surface area contributed by atoms with Gasteiger partial charge in [-0.2, -0.15) is 5.26 Å². The van der Waals surface area contributed by atoms with Crippen molar-refractivity contribution in [2.75, 3.05) is 0 Å². The molecular formula is C20H13N3. The van der Waals surface area contributed by atoms with Crippen LogP contribution in [0.4, 0.5) is 0 Å². The minimum Gasteiger partial charge on any atom is -0.309 e. The number of fused-ring (bicyclic) bond motifs is 3. The Bertz CT molecular complexity index is 1040. The molecule has 0 unspecified atom stereocenters. The highest BCUT2D eigenvalue weighted by Crippen LogP contribution is 2.32. The smallest absolute Gasteiger partial charge is 0.0999 e. The molecule has 0 atom stereocenters. The normalized spacial score (nSPS) is 10.7. The molecule has 0 fully saturated rings. The van der Waals surface area contributed by atoms with Gasteiger partial charge in [0.1, 0.15) is 0 Å². The van der Waals surface area contributed by atoms with Gasteiger partial charge in [-0.25, -0.2) is 0 Å². The van der Waals surface area contributed by atoms with Gasteiger partial charge in [0.15, 0.2) is 0 Å². The first-order valence-electron chi connectivity index (χ1n) is 7.36. The van der Waals surface area contributed by atoms with E-state index in [0.717, 1.165) is 16.7 Å². The van der Waals surface area contributed by atoms with E-state index < -0.39 is 0 Å². The van der Waals surface area contributed by atoms with E-state index in [9.17, 15) is 5.26 Å². The van der Waals surface area contributed by atoms with Gasteiger partial charge in [0.25, 0.3) is 0 Å². The number of rotatable bonds is 2. The van der Waals surface area contributed by atoms with Crippen molar-refractivity contribution in [1.29, 1.82) is 10.7 Å². The van der Waals surface area contributed by atoms with Gasteiger partial charge >= 0.3 is 0 Å². The summed E-state index contributed by atoms with van der Waals surface area (Å²) in [7, 11) is 0. The summed E-state index contributed by atoms with van der Waals surface area (Å²) in [6.45, 7) is 0. The maximum atomic E-state index is 9.34. The molecule has 3 heteroatoms. The second kappa shape index (κ2) is 5.11. The van der Waals surface area contributed by atoms with E-state index in [1.807, 2.05) is 42.5 Å². The largest absolute Gasteiger partial charge is 0.309 e. The summed E-state index contributed by atoms with van der Waals surface area (Å²) in [6.07, 6.45) is 1.22. The SMILES string of the molecule is N#Cc1cc(-n2c3ccccc3c3ccccc32)ccc1C=N. The Hall–Kier alpha value is -3.38. The zero-order valence-electron chi connectivity index (χ0n) is 12.3. The molecule has 0 saturated carbocycles. The van der Waals surface area contributed by atoms with E-state index in [4.69, 9.17) is 5.41 Å². The number of benzene rings is 3. The number of para-hydroxylation sites is 2. The number of nitriles is 1. The Morgan fingerprint density at radius 1 is 0.870 bits per heavy atom. The highest BCUT2D eigenvalue weighted by atomic mass is 15.0. The van der Waals surface area contributed by atoms with Crippen molar-refractivity contribution in [2.45, 2.75) is 0 Å². The van der Waals surface area contributed by atoms with Crippen LogP contribution in [0.3, 0.4) is 0 Å². The molecule has 108 valence electrons. The lowest BCUT2D eigenvalue weighted by atomic mass is 10.1. The number of nitrogens with one attached hydrogen (secondary N) is 1. The standard InChI is InChI=1S/C20H13N3/c21-12-14-9-10-16(11-15(14)13-22)23-19-7-3-1-5-17(19)18-6-2-4-8-20(18)23/h1-12,21H. The quantitative estimate of drug-likeness (QED) is 0.537. The summed E-state index contributed by atoms with van der Waals surface area (Å²) in [5, 5.41) is 19.1. The van der Waals surface area contributed by atoms with Crippen LogP contribution in [0.25, 0.3) is 27.5 Å². The molecule has 4 rings (SSSR count). The van der Waals surface area contributed by atoms with Gasteiger partial charge in [0.2, 0.25) is 0 Å². The monoisotopic (exact) mass is 295 g/mol. The van der Waals surface area contributed by atoms with Gasteiger partial charge in [-0.15, -0.1) is 0 Å². The molecule has 0 radical (unpaired) electrons. The Balaban J connectivity index is 2.13. The molecule has 4 aromatic rings. The molecule has 0 spiro atoms. The topological polar surface area (TPSA) is 52.6 Å². The summed E-state index contributed by atoms with van der Waals surface area (Å²) < 4.78 is 2.17. The Kier molecular flexibility index (Phi) is 2.96. The third-order valence-electron chi connectivity index (χ3n) is 4.15. The minimum absolute atomic E-state index is 0.513. The number of hydrogen-bond donors (Lipinski definition) is 1. The number of hydrogen-bond acceptors (Lipinski definition) is 2. The second-order valence-electron chi connectivity index (χ2n) is 5.40. The van der Waals surface area contributed by atoms with Crippen LogP contribution in [0.15, 0.2) is 66.7 Å². The van der Waals surface area contributed by atoms with Crippen molar-refractivity contribution in [3.63, 3.8) is 0 Å². The van der Waals surface area contributed by atoms with Crippen molar-refractivity contribution in [2.24, 2.45) is 0 Å². The fourth-order valence-electron chi connectivity index (χ4n) is 3.11. The van der Waals surface area contributed by atoms with Crippen LogP contribution in [0.5, 0.6) is 0 Å². The Morgan fingerprint density at radius 3 is 2.04 bits per heavy atom. The number of aromatic nitrogens is 1.